The molecular formula is C16H22ClN3O3. The normalized spacial score (nSPS) is 17.8. The lowest BCUT2D eigenvalue weighted by atomic mass is 10.1. The van der Waals surface area contributed by atoms with E-state index < -0.39 is 6.04 Å². The molecule has 2 amide bonds. The number of rotatable bonds is 6. The van der Waals surface area contributed by atoms with Gasteiger partial charge in [-0.25, -0.2) is 0 Å². The Labute approximate surface area is 140 Å². The van der Waals surface area contributed by atoms with Crippen LogP contribution in [0.2, 0.25) is 5.02 Å². The van der Waals surface area contributed by atoms with Gasteiger partial charge in [-0.1, -0.05) is 18.5 Å². The highest BCUT2D eigenvalue weighted by Crippen LogP contribution is 2.26. The van der Waals surface area contributed by atoms with E-state index in [2.05, 4.69) is 5.32 Å². The Hall–Kier alpha value is -1.79. The molecule has 0 bridgehead atoms. The molecule has 1 aliphatic rings. The van der Waals surface area contributed by atoms with E-state index in [1.54, 1.807) is 23.1 Å². The summed E-state index contributed by atoms with van der Waals surface area (Å²) < 4.78 is 5.65. The maximum absolute atomic E-state index is 12.9. The van der Waals surface area contributed by atoms with Crippen molar-refractivity contribution in [3.63, 3.8) is 0 Å². The Balaban J connectivity index is 2.25. The second-order valence-electron chi connectivity index (χ2n) is 5.34. The molecule has 1 fully saturated rings. The first kappa shape index (κ1) is 17.6. The third kappa shape index (κ3) is 4.14. The molecule has 1 aliphatic heterocycles. The quantitative estimate of drug-likeness (QED) is 0.768. The summed E-state index contributed by atoms with van der Waals surface area (Å²) in [4.78, 5) is 26.4. The van der Waals surface area contributed by atoms with E-state index in [1.807, 2.05) is 6.92 Å². The molecule has 1 aromatic rings. The van der Waals surface area contributed by atoms with Gasteiger partial charge in [0.1, 0.15) is 11.8 Å². The molecule has 1 atom stereocenters. The summed E-state index contributed by atoms with van der Waals surface area (Å²) >= 11 is 6.01. The van der Waals surface area contributed by atoms with Crippen LogP contribution in [0.4, 0.5) is 0 Å². The SMILES string of the molecule is CC[C@H]1C(=O)NCCN1C(=O)c1ccc(Cl)cc1OCCCN. The van der Waals surface area contributed by atoms with E-state index in [-0.39, 0.29) is 11.8 Å². The Morgan fingerprint density at radius 2 is 2.30 bits per heavy atom. The maximum Gasteiger partial charge on any atom is 0.258 e. The van der Waals surface area contributed by atoms with Crippen LogP contribution in [0.15, 0.2) is 18.2 Å². The number of nitrogens with one attached hydrogen (secondary N) is 1. The van der Waals surface area contributed by atoms with E-state index in [0.29, 0.717) is 55.4 Å². The molecule has 0 saturated carbocycles. The van der Waals surface area contributed by atoms with Crippen LogP contribution in [0.1, 0.15) is 30.1 Å². The van der Waals surface area contributed by atoms with Gasteiger partial charge in [0.25, 0.3) is 5.91 Å². The number of nitrogens with two attached hydrogens (primary N) is 1. The van der Waals surface area contributed by atoms with E-state index in [0.717, 1.165) is 0 Å². The first-order valence-corrected chi connectivity index (χ1v) is 8.17. The summed E-state index contributed by atoms with van der Waals surface area (Å²) in [6.07, 6.45) is 1.25. The minimum Gasteiger partial charge on any atom is -0.493 e. The van der Waals surface area contributed by atoms with Gasteiger partial charge in [-0.3, -0.25) is 9.59 Å². The fourth-order valence-corrected chi connectivity index (χ4v) is 2.74. The van der Waals surface area contributed by atoms with Crippen molar-refractivity contribution in [2.24, 2.45) is 5.73 Å². The number of hydrogen-bond acceptors (Lipinski definition) is 4. The van der Waals surface area contributed by atoms with Crippen LogP contribution in [-0.4, -0.2) is 49.0 Å². The van der Waals surface area contributed by atoms with Crippen LogP contribution in [0.5, 0.6) is 5.75 Å². The Morgan fingerprint density at radius 1 is 1.52 bits per heavy atom. The van der Waals surface area contributed by atoms with Crippen molar-refractivity contribution in [2.45, 2.75) is 25.8 Å². The van der Waals surface area contributed by atoms with Crippen LogP contribution in [0.25, 0.3) is 0 Å². The van der Waals surface area contributed by atoms with Crippen LogP contribution in [-0.2, 0) is 4.79 Å². The number of carbonyl (C=O) groups is 2. The van der Waals surface area contributed by atoms with Gasteiger partial charge in [0.15, 0.2) is 0 Å². The van der Waals surface area contributed by atoms with Gasteiger partial charge in [0.2, 0.25) is 5.91 Å². The topological polar surface area (TPSA) is 84.7 Å². The first-order valence-electron chi connectivity index (χ1n) is 7.79. The number of halogens is 1. The van der Waals surface area contributed by atoms with Crippen molar-refractivity contribution in [3.8, 4) is 5.75 Å². The minimum atomic E-state index is -0.455. The molecular weight excluding hydrogens is 318 g/mol. The molecule has 23 heavy (non-hydrogen) atoms. The zero-order valence-electron chi connectivity index (χ0n) is 13.2. The van der Waals surface area contributed by atoms with Gasteiger partial charge in [0.05, 0.1) is 12.2 Å². The molecule has 6 nitrogen and oxygen atoms in total. The van der Waals surface area contributed by atoms with Gasteiger partial charge in [-0.15, -0.1) is 0 Å². The fourth-order valence-electron chi connectivity index (χ4n) is 2.58. The Morgan fingerprint density at radius 3 is 3.00 bits per heavy atom. The largest absolute Gasteiger partial charge is 0.493 e. The van der Waals surface area contributed by atoms with Crippen molar-refractivity contribution >= 4 is 23.4 Å². The van der Waals surface area contributed by atoms with Crippen molar-refractivity contribution in [3.05, 3.63) is 28.8 Å². The number of benzene rings is 1. The second kappa shape index (κ2) is 8.17. The number of carbonyl (C=O) groups excluding carboxylic acids is 2. The van der Waals surface area contributed by atoms with E-state index in [9.17, 15) is 9.59 Å². The molecule has 1 saturated heterocycles. The molecule has 7 heteroatoms. The van der Waals surface area contributed by atoms with Gasteiger partial charge < -0.3 is 20.7 Å². The summed E-state index contributed by atoms with van der Waals surface area (Å²) in [6.45, 7) is 3.74. The number of piperazine rings is 1. The lowest BCUT2D eigenvalue weighted by Gasteiger charge is -2.34. The summed E-state index contributed by atoms with van der Waals surface area (Å²) in [5, 5.41) is 3.28. The summed E-state index contributed by atoms with van der Waals surface area (Å²) in [5.41, 5.74) is 5.88. The third-order valence-electron chi connectivity index (χ3n) is 3.76. The van der Waals surface area contributed by atoms with Crippen molar-refractivity contribution in [1.82, 2.24) is 10.2 Å². The van der Waals surface area contributed by atoms with Gasteiger partial charge >= 0.3 is 0 Å². The Kier molecular flexibility index (Phi) is 6.24. The highest BCUT2D eigenvalue weighted by molar-refractivity contribution is 6.30. The average Bonchev–Trinajstić information content (AvgIpc) is 2.54. The number of amides is 2. The zero-order chi connectivity index (χ0) is 16.8. The predicted molar refractivity (Wildman–Crippen MR) is 88.7 cm³/mol. The van der Waals surface area contributed by atoms with Crippen molar-refractivity contribution in [2.75, 3.05) is 26.2 Å². The predicted octanol–water partition coefficient (Wildman–Crippen LogP) is 1.42. The highest BCUT2D eigenvalue weighted by Gasteiger charge is 2.33. The van der Waals surface area contributed by atoms with Gasteiger partial charge in [-0.2, -0.15) is 0 Å². The summed E-state index contributed by atoms with van der Waals surface area (Å²) in [5.74, 6) is 0.0922. The molecule has 2 rings (SSSR count). The van der Waals surface area contributed by atoms with Crippen LogP contribution < -0.4 is 15.8 Å². The maximum atomic E-state index is 12.9. The standard InChI is InChI=1S/C16H22ClN3O3/c1-2-13-15(21)19-7-8-20(13)16(22)12-5-4-11(17)10-14(12)23-9-3-6-18/h4-5,10,13H,2-3,6-9,18H2,1H3,(H,19,21)/t13-/m0/s1. The van der Waals surface area contributed by atoms with E-state index in [1.165, 1.54) is 0 Å². The lowest BCUT2D eigenvalue weighted by molar-refractivity contribution is -0.127. The molecule has 0 aromatic heterocycles. The Bertz CT molecular complexity index is 580. The van der Waals surface area contributed by atoms with Crippen LogP contribution in [0, 0.1) is 0 Å². The zero-order valence-corrected chi connectivity index (χ0v) is 13.9. The number of ether oxygens (including phenoxy) is 1. The smallest absolute Gasteiger partial charge is 0.258 e. The molecule has 0 unspecified atom stereocenters. The van der Waals surface area contributed by atoms with Gasteiger partial charge in [0, 0.05) is 18.1 Å². The molecule has 3 N–H and O–H groups in total. The number of hydrogen-bond donors (Lipinski definition) is 2. The van der Waals surface area contributed by atoms with E-state index >= 15 is 0 Å². The molecule has 0 aliphatic carbocycles. The highest BCUT2D eigenvalue weighted by atomic mass is 35.5. The third-order valence-corrected chi connectivity index (χ3v) is 3.99. The lowest BCUT2D eigenvalue weighted by Crippen LogP contribution is -2.56. The molecule has 1 heterocycles. The van der Waals surface area contributed by atoms with Crippen LogP contribution >= 0.6 is 11.6 Å². The van der Waals surface area contributed by atoms with E-state index in [4.69, 9.17) is 22.1 Å². The fraction of sp³-hybridized carbons (Fsp3) is 0.500. The average molecular weight is 340 g/mol. The van der Waals surface area contributed by atoms with Crippen molar-refractivity contribution < 1.29 is 14.3 Å². The molecule has 1 aromatic carbocycles. The minimum absolute atomic E-state index is 0.119. The number of nitrogens with zero attached hydrogens (tertiary/aromatic N) is 1. The first-order chi connectivity index (χ1) is 11.1. The molecule has 126 valence electrons. The monoisotopic (exact) mass is 339 g/mol. The summed E-state index contributed by atoms with van der Waals surface area (Å²) in [7, 11) is 0. The van der Waals surface area contributed by atoms with Crippen molar-refractivity contribution in [1.29, 1.82) is 0 Å². The molecule has 0 spiro atoms. The summed E-state index contributed by atoms with van der Waals surface area (Å²) in [6, 6.07) is 4.46. The molecule has 0 radical (unpaired) electrons. The second-order valence-corrected chi connectivity index (χ2v) is 5.78. The van der Waals surface area contributed by atoms with Gasteiger partial charge in [-0.05, 0) is 37.6 Å². The van der Waals surface area contributed by atoms with Crippen LogP contribution in [0.3, 0.4) is 0 Å².